The molecular weight excluding hydrogens is 392 g/mol. The van der Waals surface area contributed by atoms with Crippen LogP contribution in [0.25, 0.3) is 0 Å². The molecule has 0 radical (unpaired) electrons. The standard InChI is InChI=1S/C20H28N4O4S/c1-15-18(6-5-7-19(15)28-3)20(25)23-10-8-17(14-23)24(29(4,26)27)13-12-22-11-9-21-16(22)2/h5-7,9,11,17H,8,10,12-14H2,1-4H3. The number of benzene rings is 1. The Morgan fingerprint density at radius 3 is 2.72 bits per heavy atom. The number of amides is 1. The van der Waals surface area contributed by atoms with E-state index in [9.17, 15) is 13.2 Å². The van der Waals surface area contributed by atoms with Crippen molar-refractivity contribution in [3.8, 4) is 5.75 Å². The second-order valence-electron chi connectivity index (χ2n) is 7.37. The Kier molecular flexibility index (Phi) is 6.28. The largest absolute Gasteiger partial charge is 0.496 e. The lowest BCUT2D eigenvalue weighted by atomic mass is 10.1. The molecule has 29 heavy (non-hydrogen) atoms. The van der Waals surface area contributed by atoms with Gasteiger partial charge in [0, 0.05) is 55.7 Å². The summed E-state index contributed by atoms with van der Waals surface area (Å²) in [6, 6.07) is 5.17. The predicted octanol–water partition coefficient (Wildman–Crippen LogP) is 1.68. The SMILES string of the molecule is COc1cccc(C(=O)N2CCC(N(CCn3ccnc3C)S(C)(=O)=O)C2)c1C. The van der Waals surface area contributed by atoms with Crippen molar-refractivity contribution in [3.05, 3.63) is 47.5 Å². The number of sulfonamides is 1. The van der Waals surface area contributed by atoms with Crippen molar-refractivity contribution >= 4 is 15.9 Å². The number of ether oxygens (including phenoxy) is 1. The fraction of sp³-hybridized carbons (Fsp3) is 0.500. The highest BCUT2D eigenvalue weighted by Gasteiger charge is 2.35. The number of methoxy groups -OCH3 is 1. The van der Waals surface area contributed by atoms with Crippen LogP contribution in [0.5, 0.6) is 5.75 Å². The van der Waals surface area contributed by atoms with Crippen molar-refractivity contribution in [3.63, 3.8) is 0 Å². The molecule has 1 fully saturated rings. The van der Waals surface area contributed by atoms with Crippen molar-refractivity contribution in [1.82, 2.24) is 18.8 Å². The highest BCUT2D eigenvalue weighted by atomic mass is 32.2. The van der Waals surface area contributed by atoms with E-state index in [1.54, 1.807) is 30.3 Å². The van der Waals surface area contributed by atoms with Gasteiger partial charge in [-0.15, -0.1) is 0 Å². The van der Waals surface area contributed by atoms with Gasteiger partial charge in [-0.05, 0) is 32.4 Å². The van der Waals surface area contributed by atoms with Gasteiger partial charge in [0.25, 0.3) is 5.91 Å². The smallest absolute Gasteiger partial charge is 0.254 e. The lowest BCUT2D eigenvalue weighted by Gasteiger charge is -2.27. The minimum atomic E-state index is -3.41. The number of aryl methyl sites for hydroxylation is 1. The summed E-state index contributed by atoms with van der Waals surface area (Å²) < 4.78 is 33.6. The highest BCUT2D eigenvalue weighted by Crippen LogP contribution is 2.25. The lowest BCUT2D eigenvalue weighted by Crippen LogP contribution is -2.43. The Balaban J connectivity index is 1.73. The molecule has 1 aliphatic heterocycles. The molecular formula is C20H28N4O4S. The van der Waals surface area contributed by atoms with Crippen LogP contribution < -0.4 is 4.74 Å². The van der Waals surface area contributed by atoms with E-state index in [1.807, 2.05) is 30.7 Å². The van der Waals surface area contributed by atoms with E-state index in [1.165, 1.54) is 10.6 Å². The molecule has 1 atom stereocenters. The molecule has 158 valence electrons. The van der Waals surface area contributed by atoms with Crippen LogP contribution in [0.1, 0.15) is 28.2 Å². The van der Waals surface area contributed by atoms with Gasteiger partial charge in [0.05, 0.1) is 13.4 Å². The second kappa shape index (κ2) is 8.54. The maximum absolute atomic E-state index is 13.0. The average molecular weight is 421 g/mol. The lowest BCUT2D eigenvalue weighted by molar-refractivity contribution is 0.0783. The fourth-order valence-electron chi connectivity index (χ4n) is 3.86. The molecule has 0 spiro atoms. The number of rotatable bonds is 7. The van der Waals surface area contributed by atoms with Gasteiger partial charge in [0.15, 0.2) is 0 Å². The Labute approximate surface area is 172 Å². The molecule has 1 aromatic heterocycles. The van der Waals surface area contributed by atoms with E-state index < -0.39 is 10.0 Å². The number of nitrogens with zero attached hydrogens (tertiary/aromatic N) is 4. The summed E-state index contributed by atoms with van der Waals surface area (Å²) in [4.78, 5) is 18.9. The summed E-state index contributed by atoms with van der Waals surface area (Å²) in [7, 11) is -1.83. The number of carbonyl (C=O) groups excluding carboxylic acids is 1. The van der Waals surface area contributed by atoms with E-state index in [0.717, 1.165) is 11.4 Å². The summed E-state index contributed by atoms with van der Waals surface area (Å²) >= 11 is 0. The molecule has 0 aliphatic carbocycles. The van der Waals surface area contributed by atoms with E-state index >= 15 is 0 Å². The second-order valence-corrected chi connectivity index (χ2v) is 9.30. The summed E-state index contributed by atoms with van der Waals surface area (Å²) in [5, 5.41) is 0. The third-order valence-electron chi connectivity index (χ3n) is 5.50. The van der Waals surface area contributed by atoms with Gasteiger partial charge in [-0.2, -0.15) is 4.31 Å². The van der Waals surface area contributed by atoms with Crippen LogP contribution in [0.15, 0.2) is 30.6 Å². The molecule has 2 heterocycles. The molecule has 1 unspecified atom stereocenters. The number of aromatic nitrogens is 2. The van der Waals surface area contributed by atoms with Crippen molar-refractivity contribution in [1.29, 1.82) is 0 Å². The van der Waals surface area contributed by atoms with Gasteiger partial charge < -0.3 is 14.2 Å². The molecule has 2 aromatic rings. The van der Waals surface area contributed by atoms with Gasteiger partial charge in [0.2, 0.25) is 10.0 Å². The van der Waals surface area contributed by atoms with Crippen molar-refractivity contribution in [2.45, 2.75) is 32.9 Å². The first-order valence-corrected chi connectivity index (χ1v) is 11.4. The van der Waals surface area contributed by atoms with Gasteiger partial charge >= 0.3 is 0 Å². The number of likely N-dealkylation sites (tertiary alicyclic amines) is 1. The molecule has 0 saturated carbocycles. The van der Waals surface area contributed by atoms with Crippen LogP contribution >= 0.6 is 0 Å². The van der Waals surface area contributed by atoms with E-state index in [-0.39, 0.29) is 11.9 Å². The topological polar surface area (TPSA) is 84.7 Å². The third kappa shape index (κ3) is 4.62. The van der Waals surface area contributed by atoms with Crippen molar-refractivity contribution < 1.29 is 17.9 Å². The maximum Gasteiger partial charge on any atom is 0.254 e. The van der Waals surface area contributed by atoms with Gasteiger partial charge in [-0.25, -0.2) is 13.4 Å². The van der Waals surface area contributed by atoms with Crippen molar-refractivity contribution in [2.75, 3.05) is 33.0 Å². The number of carbonyl (C=O) groups is 1. The number of imidazole rings is 1. The summed E-state index contributed by atoms with van der Waals surface area (Å²) in [5.74, 6) is 1.41. The monoisotopic (exact) mass is 420 g/mol. The quantitative estimate of drug-likeness (QED) is 0.681. The van der Waals surface area contributed by atoms with E-state index in [2.05, 4.69) is 4.98 Å². The molecule has 0 N–H and O–H groups in total. The number of hydrogen-bond donors (Lipinski definition) is 0. The van der Waals surface area contributed by atoms with Crippen LogP contribution in [0, 0.1) is 13.8 Å². The molecule has 0 bridgehead atoms. The predicted molar refractivity (Wildman–Crippen MR) is 111 cm³/mol. The molecule has 9 heteroatoms. The fourth-order valence-corrected chi connectivity index (χ4v) is 4.99. The molecule has 1 aliphatic rings. The zero-order valence-electron chi connectivity index (χ0n) is 17.3. The molecule has 1 aromatic carbocycles. The zero-order chi connectivity index (χ0) is 21.2. The minimum absolute atomic E-state index is 0.0946. The van der Waals surface area contributed by atoms with Crippen LogP contribution in [0.4, 0.5) is 0 Å². The van der Waals surface area contributed by atoms with Crippen LogP contribution in [0.2, 0.25) is 0 Å². The first-order valence-electron chi connectivity index (χ1n) is 9.59. The molecule has 1 saturated heterocycles. The number of hydrogen-bond acceptors (Lipinski definition) is 5. The van der Waals surface area contributed by atoms with Gasteiger partial charge in [0.1, 0.15) is 11.6 Å². The Morgan fingerprint density at radius 1 is 1.34 bits per heavy atom. The Morgan fingerprint density at radius 2 is 2.10 bits per heavy atom. The Bertz CT molecular complexity index is 986. The van der Waals surface area contributed by atoms with Crippen LogP contribution in [-0.4, -0.2) is 72.1 Å². The Hall–Kier alpha value is -2.39. The van der Waals surface area contributed by atoms with E-state index in [0.29, 0.717) is 43.9 Å². The molecule has 3 rings (SSSR count). The first kappa shape index (κ1) is 21.3. The summed E-state index contributed by atoms with van der Waals surface area (Å²) in [6.45, 7) is 5.52. The summed E-state index contributed by atoms with van der Waals surface area (Å²) in [5.41, 5.74) is 1.38. The third-order valence-corrected chi connectivity index (χ3v) is 6.84. The normalized spacial score (nSPS) is 17.1. The van der Waals surface area contributed by atoms with E-state index in [4.69, 9.17) is 4.74 Å². The highest BCUT2D eigenvalue weighted by molar-refractivity contribution is 7.88. The molecule has 1 amide bonds. The van der Waals surface area contributed by atoms with Gasteiger partial charge in [-0.1, -0.05) is 6.07 Å². The van der Waals surface area contributed by atoms with Crippen LogP contribution in [-0.2, 0) is 16.6 Å². The van der Waals surface area contributed by atoms with Crippen molar-refractivity contribution in [2.24, 2.45) is 0 Å². The first-order chi connectivity index (χ1) is 13.7. The summed E-state index contributed by atoms with van der Waals surface area (Å²) in [6.07, 6.45) is 5.38. The van der Waals surface area contributed by atoms with Gasteiger partial charge in [-0.3, -0.25) is 4.79 Å². The van der Waals surface area contributed by atoms with Crippen LogP contribution in [0.3, 0.4) is 0 Å². The zero-order valence-corrected chi connectivity index (χ0v) is 18.1. The average Bonchev–Trinajstić information content (AvgIpc) is 3.30. The molecule has 8 nitrogen and oxygen atoms in total. The minimum Gasteiger partial charge on any atom is -0.496 e. The maximum atomic E-state index is 13.0.